The maximum atomic E-state index is 13.5. The van der Waals surface area contributed by atoms with Gasteiger partial charge in [-0.05, 0) is 35.9 Å². The Morgan fingerprint density at radius 1 is 1.16 bits per heavy atom. The number of fused-ring (bicyclic) bond motifs is 2. The smallest absolute Gasteiger partial charge is 0.284 e. The Bertz CT molecular complexity index is 1370. The number of hydrogen-bond donors (Lipinski definition) is 1. The highest BCUT2D eigenvalue weighted by Gasteiger charge is 2.16. The van der Waals surface area contributed by atoms with E-state index in [1.807, 2.05) is 6.07 Å². The SMILES string of the molecule is O=C(Cn1cnc2c(nnn2-c2cccc(F)c2)c1=O)NCc1ccc2c(c1)OCO2. The van der Waals surface area contributed by atoms with Crippen molar-refractivity contribution in [1.82, 2.24) is 29.9 Å². The van der Waals surface area contributed by atoms with E-state index in [0.29, 0.717) is 17.2 Å². The molecule has 1 amide bonds. The second kappa shape index (κ2) is 7.52. The molecule has 0 radical (unpaired) electrons. The Morgan fingerprint density at radius 3 is 2.90 bits per heavy atom. The van der Waals surface area contributed by atoms with E-state index in [4.69, 9.17) is 9.47 Å². The summed E-state index contributed by atoms with van der Waals surface area (Å²) in [5.74, 6) is 0.457. The molecule has 0 atom stereocenters. The Hall–Kier alpha value is -4.28. The number of halogens is 1. The van der Waals surface area contributed by atoms with Gasteiger partial charge in [-0.2, -0.15) is 4.68 Å². The Morgan fingerprint density at radius 2 is 2.03 bits per heavy atom. The summed E-state index contributed by atoms with van der Waals surface area (Å²) in [7, 11) is 0. The van der Waals surface area contributed by atoms with E-state index >= 15 is 0 Å². The van der Waals surface area contributed by atoms with Crippen LogP contribution in [0.5, 0.6) is 11.5 Å². The predicted molar refractivity (Wildman–Crippen MR) is 105 cm³/mol. The molecule has 0 fully saturated rings. The van der Waals surface area contributed by atoms with E-state index in [1.54, 1.807) is 18.2 Å². The Labute approximate surface area is 173 Å². The van der Waals surface area contributed by atoms with Crippen molar-refractivity contribution in [3.8, 4) is 17.2 Å². The molecule has 1 aliphatic heterocycles. The van der Waals surface area contributed by atoms with Crippen LogP contribution in [-0.4, -0.2) is 37.2 Å². The van der Waals surface area contributed by atoms with E-state index in [-0.39, 0.29) is 37.0 Å². The lowest BCUT2D eigenvalue weighted by Crippen LogP contribution is -2.32. The number of carbonyl (C=O) groups excluding carboxylic acids is 1. The van der Waals surface area contributed by atoms with Crippen LogP contribution < -0.4 is 20.3 Å². The summed E-state index contributed by atoms with van der Waals surface area (Å²) in [4.78, 5) is 29.2. The van der Waals surface area contributed by atoms with Crippen LogP contribution in [0.25, 0.3) is 16.9 Å². The molecule has 2 aromatic heterocycles. The molecule has 11 heteroatoms. The summed E-state index contributed by atoms with van der Waals surface area (Å²) in [6, 6.07) is 11.1. The maximum Gasteiger partial charge on any atom is 0.284 e. The molecule has 0 saturated carbocycles. The topological polar surface area (TPSA) is 113 Å². The molecule has 3 heterocycles. The molecule has 156 valence electrons. The molecule has 4 aromatic rings. The molecule has 0 bridgehead atoms. The minimum Gasteiger partial charge on any atom is -0.454 e. The average Bonchev–Trinajstić information content (AvgIpc) is 3.41. The molecule has 0 unspecified atom stereocenters. The van der Waals surface area contributed by atoms with E-state index in [2.05, 4.69) is 20.6 Å². The lowest BCUT2D eigenvalue weighted by Gasteiger charge is -2.08. The van der Waals surface area contributed by atoms with Gasteiger partial charge in [-0.15, -0.1) is 5.10 Å². The summed E-state index contributed by atoms with van der Waals surface area (Å²) in [6.07, 6.45) is 1.24. The van der Waals surface area contributed by atoms with E-state index in [0.717, 1.165) is 10.1 Å². The van der Waals surface area contributed by atoms with Crippen LogP contribution in [0.2, 0.25) is 0 Å². The van der Waals surface area contributed by atoms with Crippen molar-refractivity contribution >= 4 is 17.1 Å². The minimum absolute atomic E-state index is 0.0182. The number of ether oxygens (including phenoxy) is 2. The standard InChI is InChI=1S/C20H15FN6O4/c21-13-2-1-3-14(7-13)27-19-18(24-25-27)20(29)26(10-23-19)9-17(28)22-8-12-4-5-15-16(6-12)31-11-30-15/h1-7,10H,8-9,11H2,(H,22,28). The zero-order valence-corrected chi connectivity index (χ0v) is 16.0. The van der Waals surface area contributed by atoms with Crippen molar-refractivity contribution in [3.63, 3.8) is 0 Å². The first-order valence-electron chi connectivity index (χ1n) is 9.30. The molecular weight excluding hydrogens is 407 g/mol. The molecule has 5 rings (SSSR count). The van der Waals surface area contributed by atoms with Crippen LogP contribution >= 0.6 is 0 Å². The van der Waals surface area contributed by atoms with Gasteiger partial charge in [-0.25, -0.2) is 9.37 Å². The monoisotopic (exact) mass is 422 g/mol. The molecule has 0 aliphatic carbocycles. The highest BCUT2D eigenvalue weighted by Crippen LogP contribution is 2.32. The summed E-state index contributed by atoms with van der Waals surface area (Å²) >= 11 is 0. The molecule has 0 spiro atoms. The van der Waals surface area contributed by atoms with Crippen molar-refractivity contribution in [2.45, 2.75) is 13.1 Å². The predicted octanol–water partition coefficient (Wildman–Crippen LogP) is 1.16. The van der Waals surface area contributed by atoms with Gasteiger partial charge in [0.25, 0.3) is 5.56 Å². The quantitative estimate of drug-likeness (QED) is 0.514. The highest BCUT2D eigenvalue weighted by atomic mass is 19.1. The number of nitrogens with one attached hydrogen (secondary N) is 1. The molecule has 2 aromatic carbocycles. The van der Waals surface area contributed by atoms with Crippen LogP contribution in [0.3, 0.4) is 0 Å². The van der Waals surface area contributed by atoms with Crippen molar-refractivity contribution in [2.75, 3.05) is 6.79 Å². The van der Waals surface area contributed by atoms with Crippen LogP contribution in [0.1, 0.15) is 5.56 Å². The molecule has 1 aliphatic rings. The third kappa shape index (κ3) is 3.56. The van der Waals surface area contributed by atoms with Gasteiger partial charge in [0.05, 0.1) is 5.69 Å². The van der Waals surface area contributed by atoms with Crippen LogP contribution in [-0.2, 0) is 17.9 Å². The number of carbonyl (C=O) groups is 1. The number of nitrogens with zero attached hydrogens (tertiary/aromatic N) is 5. The first kappa shape index (κ1) is 18.7. The van der Waals surface area contributed by atoms with Gasteiger partial charge in [-0.1, -0.05) is 17.3 Å². The Kier molecular flexibility index (Phi) is 4.54. The molecule has 10 nitrogen and oxygen atoms in total. The highest BCUT2D eigenvalue weighted by molar-refractivity contribution is 5.76. The zero-order valence-electron chi connectivity index (χ0n) is 16.0. The van der Waals surface area contributed by atoms with Gasteiger partial charge in [0.15, 0.2) is 22.7 Å². The first-order valence-corrected chi connectivity index (χ1v) is 9.30. The van der Waals surface area contributed by atoms with E-state index < -0.39 is 11.4 Å². The number of amides is 1. The number of benzene rings is 2. The summed E-state index contributed by atoms with van der Waals surface area (Å²) in [6.45, 7) is 0.197. The van der Waals surface area contributed by atoms with Gasteiger partial charge >= 0.3 is 0 Å². The van der Waals surface area contributed by atoms with Crippen molar-refractivity contribution in [3.05, 3.63) is 70.5 Å². The maximum absolute atomic E-state index is 13.5. The fourth-order valence-electron chi connectivity index (χ4n) is 3.20. The summed E-state index contributed by atoms with van der Waals surface area (Å²) in [5.41, 5.74) is 0.846. The first-order chi connectivity index (χ1) is 15.1. The molecule has 31 heavy (non-hydrogen) atoms. The van der Waals surface area contributed by atoms with E-state index in [9.17, 15) is 14.0 Å². The summed E-state index contributed by atoms with van der Waals surface area (Å²) in [5, 5.41) is 10.5. The van der Waals surface area contributed by atoms with Crippen molar-refractivity contribution < 1.29 is 18.7 Å². The minimum atomic E-state index is -0.522. The Balaban J connectivity index is 1.32. The third-order valence-corrected chi connectivity index (χ3v) is 4.72. The summed E-state index contributed by atoms with van der Waals surface area (Å²) < 4.78 is 26.5. The van der Waals surface area contributed by atoms with Crippen molar-refractivity contribution in [1.29, 1.82) is 0 Å². The number of rotatable bonds is 5. The largest absolute Gasteiger partial charge is 0.454 e. The average molecular weight is 422 g/mol. The van der Waals surface area contributed by atoms with Crippen LogP contribution in [0.4, 0.5) is 4.39 Å². The fraction of sp³-hybridized carbons (Fsp3) is 0.150. The van der Waals surface area contributed by atoms with Crippen LogP contribution in [0.15, 0.2) is 53.6 Å². The van der Waals surface area contributed by atoms with Gasteiger partial charge in [0.1, 0.15) is 18.7 Å². The van der Waals surface area contributed by atoms with Gasteiger partial charge < -0.3 is 14.8 Å². The zero-order chi connectivity index (χ0) is 21.4. The van der Waals surface area contributed by atoms with Crippen LogP contribution in [0, 0.1) is 5.82 Å². The van der Waals surface area contributed by atoms with Gasteiger partial charge in [0.2, 0.25) is 12.7 Å². The fourth-order valence-corrected chi connectivity index (χ4v) is 3.20. The number of aromatic nitrogens is 5. The van der Waals surface area contributed by atoms with Gasteiger partial charge in [-0.3, -0.25) is 14.2 Å². The normalized spacial score (nSPS) is 12.3. The second-order valence-electron chi connectivity index (χ2n) is 6.80. The number of hydrogen-bond acceptors (Lipinski definition) is 7. The lowest BCUT2D eigenvalue weighted by atomic mass is 10.2. The molecule has 1 N–H and O–H groups in total. The third-order valence-electron chi connectivity index (χ3n) is 4.72. The van der Waals surface area contributed by atoms with Crippen molar-refractivity contribution in [2.24, 2.45) is 0 Å². The lowest BCUT2D eigenvalue weighted by molar-refractivity contribution is -0.121. The second-order valence-corrected chi connectivity index (χ2v) is 6.80. The molecular formula is C20H15FN6O4. The van der Waals surface area contributed by atoms with Gasteiger partial charge in [0, 0.05) is 6.54 Å². The molecule has 0 saturated heterocycles. The van der Waals surface area contributed by atoms with E-state index in [1.165, 1.54) is 29.2 Å².